The molecule has 2 atom stereocenters. The fourth-order valence-electron chi connectivity index (χ4n) is 3.98. The summed E-state index contributed by atoms with van der Waals surface area (Å²) in [6.45, 7) is 3.58. The number of rotatable bonds is 2. The quantitative estimate of drug-likeness (QED) is 0.851. The summed E-state index contributed by atoms with van der Waals surface area (Å²) in [7, 11) is 0. The van der Waals surface area contributed by atoms with E-state index in [-0.39, 0.29) is 17.9 Å². The van der Waals surface area contributed by atoms with Crippen molar-refractivity contribution in [2.24, 2.45) is 0 Å². The van der Waals surface area contributed by atoms with Crippen LogP contribution < -0.4 is 5.32 Å². The highest BCUT2D eigenvalue weighted by Gasteiger charge is 2.32. The van der Waals surface area contributed by atoms with Crippen LogP contribution in [0.15, 0.2) is 30.4 Å². The minimum atomic E-state index is -0.229. The summed E-state index contributed by atoms with van der Waals surface area (Å²) in [5.74, 6) is -0.229. The lowest BCUT2D eigenvalue weighted by Crippen LogP contribution is -2.42. The maximum atomic E-state index is 13.5. The fraction of sp³-hybridized carbons (Fsp3) is 0.500. The lowest BCUT2D eigenvalue weighted by molar-refractivity contribution is 0.196. The molecule has 2 aliphatic heterocycles. The molecule has 2 amide bonds. The van der Waals surface area contributed by atoms with Crippen LogP contribution in [-0.2, 0) is 6.42 Å². The van der Waals surface area contributed by atoms with E-state index >= 15 is 0 Å². The molecule has 122 valence electrons. The summed E-state index contributed by atoms with van der Waals surface area (Å²) in [4.78, 5) is 16.9. The molecule has 3 aliphatic rings. The summed E-state index contributed by atoms with van der Waals surface area (Å²) in [5, 5.41) is 3.10. The van der Waals surface area contributed by atoms with Gasteiger partial charge in [0, 0.05) is 32.2 Å². The predicted molar refractivity (Wildman–Crippen MR) is 86.7 cm³/mol. The van der Waals surface area contributed by atoms with Crippen LogP contribution in [0.4, 0.5) is 9.18 Å². The van der Waals surface area contributed by atoms with Crippen molar-refractivity contribution in [3.05, 3.63) is 47.3 Å². The highest BCUT2D eigenvalue weighted by Crippen LogP contribution is 2.32. The smallest absolute Gasteiger partial charge is 0.317 e. The Labute approximate surface area is 136 Å². The summed E-state index contributed by atoms with van der Waals surface area (Å²) in [6, 6.07) is 5.29. The number of halogens is 1. The third-order valence-electron chi connectivity index (χ3n) is 5.30. The average Bonchev–Trinajstić information content (AvgIpc) is 3.27. The average molecular weight is 315 g/mol. The van der Waals surface area contributed by atoms with Gasteiger partial charge in [0.2, 0.25) is 0 Å². The van der Waals surface area contributed by atoms with Crippen molar-refractivity contribution in [3.63, 3.8) is 0 Å². The topological polar surface area (TPSA) is 35.6 Å². The van der Waals surface area contributed by atoms with E-state index in [1.807, 2.05) is 11.0 Å². The van der Waals surface area contributed by atoms with Crippen LogP contribution in [0.2, 0.25) is 0 Å². The molecular weight excluding hydrogens is 293 g/mol. The van der Waals surface area contributed by atoms with Crippen LogP contribution in [0.1, 0.15) is 30.0 Å². The van der Waals surface area contributed by atoms with Gasteiger partial charge in [-0.15, -0.1) is 0 Å². The first-order chi connectivity index (χ1) is 11.2. The number of fused-ring (bicyclic) bond motifs is 1. The van der Waals surface area contributed by atoms with Gasteiger partial charge < -0.3 is 10.2 Å². The van der Waals surface area contributed by atoms with Crippen molar-refractivity contribution in [2.45, 2.75) is 31.3 Å². The maximum Gasteiger partial charge on any atom is 0.317 e. The Morgan fingerprint density at radius 1 is 1.22 bits per heavy atom. The summed E-state index contributed by atoms with van der Waals surface area (Å²) >= 11 is 0. The predicted octanol–water partition coefficient (Wildman–Crippen LogP) is 2.47. The standard InChI is InChI=1S/C18H22FN3O/c19-14-5-3-13-4-6-17(16(13)11-14)20-18(23)22-10-7-15(12-22)21-8-1-2-9-21/h1-3,5,11,15,17H,4,6-10,12H2,(H,20,23)/t15-,17+/m0/s1. The van der Waals surface area contributed by atoms with E-state index in [2.05, 4.69) is 22.4 Å². The molecular formula is C18H22FN3O. The highest BCUT2D eigenvalue weighted by molar-refractivity contribution is 5.75. The Hall–Kier alpha value is -1.88. The van der Waals surface area contributed by atoms with Gasteiger partial charge in [0.15, 0.2) is 0 Å². The molecule has 2 heterocycles. The first-order valence-electron chi connectivity index (χ1n) is 8.43. The maximum absolute atomic E-state index is 13.5. The molecule has 1 aromatic rings. The van der Waals surface area contributed by atoms with E-state index in [0.717, 1.165) is 56.6 Å². The summed E-state index contributed by atoms with van der Waals surface area (Å²) < 4.78 is 13.5. The Bertz CT molecular complexity index is 637. The van der Waals surface area contributed by atoms with E-state index in [1.54, 1.807) is 6.07 Å². The second-order valence-electron chi connectivity index (χ2n) is 6.70. The van der Waals surface area contributed by atoms with Crippen molar-refractivity contribution >= 4 is 6.03 Å². The lowest BCUT2D eigenvalue weighted by Gasteiger charge is -2.25. The van der Waals surface area contributed by atoms with Gasteiger partial charge >= 0.3 is 6.03 Å². The van der Waals surface area contributed by atoms with E-state index < -0.39 is 0 Å². The minimum Gasteiger partial charge on any atom is -0.331 e. The van der Waals surface area contributed by atoms with Gasteiger partial charge in [-0.2, -0.15) is 0 Å². The largest absolute Gasteiger partial charge is 0.331 e. The van der Waals surface area contributed by atoms with E-state index in [4.69, 9.17) is 0 Å². The van der Waals surface area contributed by atoms with Crippen LogP contribution in [-0.4, -0.2) is 48.1 Å². The number of aryl methyl sites for hydroxylation is 1. The summed E-state index contributed by atoms with van der Waals surface area (Å²) in [5.41, 5.74) is 2.09. The molecule has 0 unspecified atom stereocenters. The van der Waals surface area contributed by atoms with Gasteiger partial charge in [-0.05, 0) is 42.5 Å². The second-order valence-corrected chi connectivity index (χ2v) is 6.70. The molecule has 5 heteroatoms. The van der Waals surface area contributed by atoms with E-state index in [9.17, 15) is 9.18 Å². The molecule has 23 heavy (non-hydrogen) atoms. The first kappa shape index (κ1) is 14.7. The second kappa shape index (κ2) is 5.96. The number of likely N-dealkylation sites (tertiary alicyclic amines) is 1. The van der Waals surface area contributed by atoms with Gasteiger partial charge in [0.1, 0.15) is 5.82 Å². The molecule has 1 aliphatic carbocycles. The number of nitrogens with zero attached hydrogens (tertiary/aromatic N) is 2. The number of nitrogens with one attached hydrogen (secondary N) is 1. The van der Waals surface area contributed by atoms with Crippen molar-refractivity contribution in [1.82, 2.24) is 15.1 Å². The van der Waals surface area contributed by atoms with Gasteiger partial charge in [0.05, 0.1) is 6.04 Å². The summed E-state index contributed by atoms with van der Waals surface area (Å²) in [6.07, 6.45) is 7.17. The Morgan fingerprint density at radius 3 is 2.87 bits per heavy atom. The minimum absolute atomic E-state index is 0.0123. The normalized spacial score (nSPS) is 26.7. The fourth-order valence-corrected chi connectivity index (χ4v) is 3.98. The zero-order chi connectivity index (χ0) is 15.8. The van der Waals surface area contributed by atoms with E-state index in [0.29, 0.717) is 6.04 Å². The number of hydrogen-bond donors (Lipinski definition) is 1. The van der Waals surface area contributed by atoms with Gasteiger partial charge in [-0.25, -0.2) is 9.18 Å². The highest BCUT2D eigenvalue weighted by atomic mass is 19.1. The molecule has 1 aromatic carbocycles. The molecule has 4 rings (SSSR count). The van der Waals surface area contributed by atoms with Crippen LogP contribution in [0.5, 0.6) is 0 Å². The first-order valence-corrected chi connectivity index (χ1v) is 8.43. The number of carbonyl (C=O) groups excluding carboxylic acids is 1. The van der Waals surface area contributed by atoms with Crippen LogP contribution in [0.3, 0.4) is 0 Å². The molecule has 0 bridgehead atoms. The molecule has 0 spiro atoms. The van der Waals surface area contributed by atoms with Crippen LogP contribution >= 0.6 is 0 Å². The van der Waals surface area contributed by atoms with Crippen LogP contribution in [0.25, 0.3) is 0 Å². The number of carbonyl (C=O) groups is 1. The van der Waals surface area contributed by atoms with Gasteiger partial charge in [-0.3, -0.25) is 4.90 Å². The van der Waals surface area contributed by atoms with Crippen molar-refractivity contribution in [3.8, 4) is 0 Å². The number of hydrogen-bond acceptors (Lipinski definition) is 2. The van der Waals surface area contributed by atoms with Crippen molar-refractivity contribution in [2.75, 3.05) is 26.2 Å². The van der Waals surface area contributed by atoms with Crippen LogP contribution in [0, 0.1) is 5.82 Å². The Morgan fingerprint density at radius 2 is 2.04 bits per heavy atom. The molecule has 1 fully saturated rings. The van der Waals surface area contributed by atoms with Crippen molar-refractivity contribution in [1.29, 1.82) is 0 Å². The lowest BCUT2D eigenvalue weighted by atomic mass is 10.1. The Balaban J connectivity index is 1.37. The number of benzene rings is 1. The molecule has 1 N–H and O–H groups in total. The third-order valence-corrected chi connectivity index (χ3v) is 5.30. The zero-order valence-corrected chi connectivity index (χ0v) is 13.2. The van der Waals surface area contributed by atoms with Gasteiger partial charge in [-0.1, -0.05) is 18.2 Å². The third kappa shape index (κ3) is 2.85. The molecule has 0 aromatic heterocycles. The van der Waals surface area contributed by atoms with E-state index in [1.165, 1.54) is 6.07 Å². The molecule has 4 nitrogen and oxygen atoms in total. The molecule has 1 saturated heterocycles. The monoisotopic (exact) mass is 315 g/mol. The molecule has 0 radical (unpaired) electrons. The zero-order valence-electron chi connectivity index (χ0n) is 13.2. The molecule has 0 saturated carbocycles. The Kier molecular flexibility index (Phi) is 3.81. The van der Waals surface area contributed by atoms with Gasteiger partial charge in [0.25, 0.3) is 0 Å². The number of urea groups is 1. The number of amides is 2. The van der Waals surface area contributed by atoms with Crippen molar-refractivity contribution < 1.29 is 9.18 Å². The SMILES string of the molecule is O=C(N[C@@H]1CCc2ccc(F)cc21)N1CC[C@H](N2CC=CC2)C1.